The van der Waals surface area contributed by atoms with Gasteiger partial charge in [-0.15, -0.1) is 0 Å². The first-order valence-corrected chi connectivity index (χ1v) is 3.75. The second-order valence-electron chi connectivity index (χ2n) is 2.72. The molecular formula is C9H8O3. The molecule has 1 atom stereocenters. The lowest BCUT2D eigenvalue weighted by atomic mass is 10.1. The first-order valence-electron chi connectivity index (χ1n) is 3.75. The predicted molar refractivity (Wildman–Crippen MR) is 42.4 cm³/mol. The van der Waals surface area contributed by atoms with Crippen LogP contribution in [0, 0.1) is 0 Å². The summed E-state index contributed by atoms with van der Waals surface area (Å²) in [6.45, 7) is 0. The number of carbonyl (C=O) groups is 1. The number of hydrogen-bond acceptors (Lipinski definition) is 2. The van der Waals surface area contributed by atoms with Crippen molar-refractivity contribution in [2.45, 2.75) is 12.5 Å². The summed E-state index contributed by atoms with van der Waals surface area (Å²) >= 11 is 0. The van der Waals surface area contributed by atoms with E-state index < -0.39 is 12.1 Å². The maximum atomic E-state index is 10.4. The van der Waals surface area contributed by atoms with Crippen LogP contribution in [0.5, 0.6) is 0 Å². The van der Waals surface area contributed by atoms with Crippen LogP contribution in [0.2, 0.25) is 0 Å². The molecule has 1 aliphatic heterocycles. The topological polar surface area (TPSA) is 49.8 Å². The van der Waals surface area contributed by atoms with Crippen molar-refractivity contribution in [1.29, 1.82) is 0 Å². The van der Waals surface area contributed by atoms with Crippen molar-refractivity contribution in [2.75, 3.05) is 0 Å². The fourth-order valence-electron chi connectivity index (χ4n) is 1.20. The van der Waals surface area contributed by atoms with Gasteiger partial charge in [0.15, 0.2) is 5.76 Å². The van der Waals surface area contributed by atoms with E-state index in [-0.39, 0.29) is 0 Å². The SMILES string of the molecule is O=C(O)C1O/C1=C1\C=CC=CC1. The van der Waals surface area contributed by atoms with Gasteiger partial charge in [0.05, 0.1) is 0 Å². The van der Waals surface area contributed by atoms with Crippen LogP contribution < -0.4 is 0 Å². The van der Waals surface area contributed by atoms with Crippen LogP contribution in [0.3, 0.4) is 0 Å². The maximum Gasteiger partial charge on any atom is 0.352 e. The summed E-state index contributed by atoms with van der Waals surface area (Å²) < 4.78 is 4.91. The lowest BCUT2D eigenvalue weighted by Crippen LogP contribution is -2.03. The summed E-state index contributed by atoms with van der Waals surface area (Å²) in [6, 6.07) is 0. The van der Waals surface area contributed by atoms with Crippen LogP contribution in [-0.2, 0) is 9.53 Å². The molecular weight excluding hydrogens is 156 g/mol. The van der Waals surface area contributed by atoms with E-state index in [0.717, 1.165) is 12.0 Å². The highest BCUT2D eigenvalue weighted by Gasteiger charge is 2.42. The van der Waals surface area contributed by atoms with Crippen molar-refractivity contribution in [3.63, 3.8) is 0 Å². The zero-order valence-electron chi connectivity index (χ0n) is 6.36. The molecule has 12 heavy (non-hydrogen) atoms. The number of ether oxygens (including phenoxy) is 1. The van der Waals surface area contributed by atoms with Gasteiger partial charge in [-0.25, -0.2) is 4.79 Å². The lowest BCUT2D eigenvalue weighted by Gasteiger charge is -1.96. The summed E-state index contributed by atoms with van der Waals surface area (Å²) in [7, 11) is 0. The highest BCUT2D eigenvalue weighted by atomic mass is 16.6. The first-order chi connectivity index (χ1) is 5.79. The van der Waals surface area contributed by atoms with E-state index in [1.54, 1.807) is 0 Å². The third-order valence-electron chi connectivity index (χ3n) is 1.85. The van der Waals surface area contributed by atoms with Crippen molar-refractivity contribution in [1.82, 2.24) is 0 Å². The van der Waals surface area contributed by atoms with Crippen molar-refractivity contribution in [2.24, 2.45) is 0 Å². The quantitative estimate of drug-likeness (QED) is 0.593. The largest absolute Gasteiger partial charge is 0.478 e. The molecule has 62 valence electrons. The molecule has 1 saturated heterocycles. The average Bonchev–Trinajstić information content (AvgIpc) is 2.84. The Morgan fingerprint density at radius 1 is 1.58 bits per heavy atom. The van der Waals surface area contributed by atoms with E-state index in [9.17, 15) is 4.79 Å². The Kier molecular flexibility index (Phi) is 1.50. The Morgan fingerprint density at radius 3 is 2.92 bits per heavy atom. The number of allylic oxidation sites excluding steroid dienone is 5. The summed E-state index contributed by atoms with van der Waals surface area (Å²) in [5.41, 5.74) is 0.977. The molecule has 2 aliphatic rings. The van der Waals surface area contributed by atoms with E-state index in [1.165, 1.54) is 0 Å². The Bertz CT molecular complexity index is 310. The third-order valence-corrected chi connectivity index (χ3v) is 1.85. The fraction of sp³-hybridized carbons (Fsp3) is 0.222. The molecule has 1 fully saturated rings. The summed E-state index contributed by atoms with van der Waals surface area (Å²) in [5, 5.41) is 8.55. The van der Waals surface area contributed by atoms with E-state index >= 15 is 0 Å². The van der Waals surface area contributed by atoms with Crippen molar-refractivity contribution >= 4 is 5.97 Å². The van der Waals surface area contributed by atoms with Gasteiger partial charge in [0, 0.05) is 0 Å². The zero-order valence-corrected chi connectivity index (χ0v) is 6.36. The minimum Gasteiger partial charge on any atom is -0.478 e. The Labute approximate surface area is 69.6 Å². The van der Waals surface area contributed by atoms with Crippen LogP contribution >= 0.6 is 0 Å². The van der Waals surface area contributed by atoms with Crippen LogP contribution in [0.25, 0.3) is 0 Å². The molecule has 3 heteroatoms. The number of carboxylic acid groups (broad SMARTS) is 1. The standard InChI is InChI=1S/C9H8O3/c10-9(11)8-7(12-8)6-4-2-1-3-5-6/h1-4,8H,5H2,(H,10,11)/b7-6+. The normalized spacial score (nSPS) is 31.5. The molecule has 1 N–H and O–H groups in total. The van der Waals surface area contributed by atoms with Crippen molar-refractivity contribution in [3.8, 4) is 0 Å². The summed E-state index contributed by atoms with van der Waals surface area (Å²) in [4.78, 5) is 10.4. The van der Waals surface area contributed by atoms with E-state index in [0.29, 0.717) is 5.76 Å². The molecule has 0 radical (unpaired) electrons. The molecule has 0 amide bonds. The van der Waals surface area contributed by atoms with Crippen molar-refractivity contribution < 1.29 is 14.6 Å². The summed E-state index contributed by atoms with van der Waals surface area (Å²) in [5.74, 6) is -0.288. The number of epoxide rings is 1. The fourth-order valence-corrected chi connectivity index (χ4v) is 1.20. The van der Waals surface area contributed by atoms with Gasteiger partial charge in [-0.1, -0.05) is 24.3 Å². The molecule has 0 aromatic rings. The highest BCUT2D eigenvalue weighted by Crippen LogP contribution is 2.33. The molecule has 1 aliphatic carbocycles. The van der Waals surface area contributed by atoms with Gasteiger partial charge in [-0.05, 0) is 12.0 Å². The molecule has 0 bridgehead atoms. The van der Waals surface area contributed by atoms with Gasteiger partial charge < -0.3 is 9.84 Å². The van der Waals surface area contributed by atoms with E-state index in [1.807, 2.05) is 24.3 Å². The lowest BCUT2D eigenvalue weighted by molar-refractivity contribution is -0.138. The molecule has 0 aromatic carbocycles. The number of aliphatic carboxylic acids is 1. The smallest absolute Gasteiger partial charge is 0.352 e. The van der Waals surface area contributed by atoms with E-state index in [4.69, 9.17) is 9.84 Å². The van der Waals surface area contributed by atoms with Gasteiger partial charge >= 0.3 is 5.97 Å². The van der Waals surface area contributed by atoms with Gasteiger partial charge in [-0.3, -0.25) is 0 Å². The molecule has 3 nitrogen and oxygen atoms in total. The zero-order chi connectivity index (χ0) is 8.55. The minimum absolute atomic E-state index is 0.614. The van der Waals surface area contributed by atoms with Crippen molar-refractivity contribution in [3.05, 3.63) is 35.6 Å². The number of carboxylic acids is 1. The highest BCUT2D eigenvalue weighted by molar-refractivity contribution is 5.80. The number of hydrogen-bond donors (Lipinski definition) is 1. The van der Waals surface area contributed by atoms with Crippen LogP contribution in [0.1, 0.15) is 6.42 Å². The van der Waals surface area contributed by atoms with Gasteiger partial charge in [0.1, 0.15) is 0 Å². The first kappa shape index (κ1) is 7.16. The Morgan fingerprint density at radius 2 is 2.42 bits per heavy atom. The Hall–Kier alpha value is -1.51. The second kappa shape index (κ2) is 2.52. The van der Waals surface area contributed by atoms with Gasteiger partial charge in [0.25, 0.3) is 6.10 Å². The molecule has 0 spiro atoms. The van der Waals surface area contributed by atoms with Crippen LogP contribution in [0.15, 0.2) is 35.6 Å². The summed E-state index contributed by atoms with van der Waals surface area (Å²) in [6.07, 6.45) is 7.77. The molecule has 0 saturated carbocycles. The van der Waals surface area contributed by atoms with Crippen LogP contribution in [0.4, 0.5) is 0 Å². The van der Waals surface area contributed by atoms with E-state index in [2.05, 4.69) is 0 Å². The number of rotatable bonds is 1. The Balaban J connectivity index is 2.15. The monoisotopic (exact) mass is 164 g/mol. The third kappa shape index (κ3) is 1.13. The minimum atomic E-state index is -0.902. The second-order valence-corrected chi connectivity index (χ2v) is 2.72. The molecule has 2 rings (SSSR count). The van der Waals surface area contributed by atoms with Gasteiger partial charge in [0.2, 0.25) is 0 Å². The van der Waals surface area contributed by atoms with Crippen LogP contribution in [-0.4, -0.2) is 17.2 Å². The molecule has 0 aromatic heterocycles. The average molecular weight is 164 g/mol. The molecule has 1 unspecified atom stereocenters. The molecule has 1 heterocycles. The maximum absolute atomic E-state index is 10.4. The van der Waals surface area contributed by atoms with Gasteiger partial charge in [-0.2, -0.15) is 0 Å². The predicted octanol–water partition coefficient (Wildman–Crippen LogP) is 1.24.